The monoisotopic (exact) mass is 465 g/mol. The number of nitrogens with two attached hydrogens (primary N) is 1. The first-order valence-electron chi connectivity index (χ1n) is 11.3. The molecule has 2 heterocycles. The van der Waals surface area contributed by atoms with Crippen LogP contribution in [-0.4, -0.2) is 34.0 Å². The van der Waals surface area contributed by atoms with Crippen LogP contribution in [0.2, 0.25) is 0 Å². The molecule has 174 valence electrons. The van der Waals surface area contributed by atoms with Crippen molar-refractivity contribution in [3.63, 3.8) is 0 Å². The summed E-state index contributed by atoms with van der Waals surface area (Å²) in [6.07, 6.45) is 2.13. The standard InChI is InChI=1S/C25H31N5O2S/c1-3-32-17-22-29-23-24(20-8-4-5-9-21(20)28-25(23)26)30(22)14-6-7-15-33-27-16-18-10-12-19(31-2)13-11-18/h4-5,8-13,27H,3,6-7,14-17H2,1-2H3,(H2,26,28). The molecule has 0 aliphatic heterocycles. The van der Waals surface area contributed by atoms with Crippen molar-refractivity contribution < 1.29 is 9.47 Å². The molecule has 0 aliphatic rings. The molecule has 4 rings (SSSR count). The highest BCUT2D eigenvalue weighted by molar-refractivity contribution is 7.97. The number of nitrogens with one attached hydrogen (secondary N) is 1. The minimum atomic E-state index is 0.469. The van der Waals surface area contributed by atoms with E-state index in [9.17, 15) is 0 Å². The van der Waals surface area contributed by atoms with Gasteiger partial charge in [-0.3, -0.25) is 4.72 Å². The molecule has 33 heavy (non-hydrogen) atoms. The number of aromatic nitrogens is 3. The molecule has 2 aromatic carbocycles. The fraction of sp³-hybridized carbons (Fsp3) is 0.360. The Morgan fingerprint density at radius 1 is 1.06 bits per heavy atom. The Kier molecular flexibility index (Phi) is 8.04. The van der Waals surface area contributed by atoms with Crippen LogP contribution in [-0.2, 0) is 24.4 Å². The van der Waals surface area contributed by atoms with Gasteiger partial charge < -0.3 is 19.8 Å². The van der Waals surface area contributed by atoms with Gasteiger partial charge in [-0.05, 0) is 43.5 Å². The number of hydrogen-bond acceptors (Lipinski definition) is 7. The zero-order valence-electron chi connectivity index (χ0n) is 19.2. The molecule has 0 spiro atoms. The molecule has 7 nitrogen and oxygen atoms in total. The van der Waals surface area contributed by atoms with Crippen LogP contribution in [0.5, 0.6) is 5.75 Å². The van der Waals surface area contributed by atoms with E-state index in [2.05, 4.69) is 32.5 Å². The predicted octanol–water partition coefficient (Wildman–Crippen LogP) is 4.93. The predicted molar refractivity (Wildman–Crippen MR) is 136 cm³/mol. The summed E-state index contributed by atoms with van der Waals surface area (Å²) in [5.74, 6) is 3.29. The van der Waals surface area contributed by atoms with Crippen molar-refractivity contribution in [2.24, 2.45) is 0 Å². The van der Waals surface area contributed by atoms with E-state index in [-0.39, 0.29) is 0 Å². The van der Waals surface area contributed by atoms with Crippen LogP contribution in [0, 0.1) is 0 Å². The van der Waals surface area contributed by atoms with Gasteiger partial charge in [0.15, 0.2) is 5.82 Å². The molecule has 0 unspecified atom stereocenters. The molecule has 0 amide bonds. The lowest BCUT2D eigenvalue weighted by Gasteiger charge is -2.11. The molecule has 0 radical (unpaired) electrons. The Bertz CT molecular complexity index is 1190. The van der Waals surface area contributed by atoms with Crippen molar-refractivity contribution in [2.45, 2.75) is 39.5 Å². The maximum Gasteiger partial charge on any atom is 0.152 e. The fourth-order valence-corrected chi connectivity index (χ4v) is 4.60. The van der Waals surface area contributed by atoms with Gasteiger partial charge in [0.1, 0.15) is 23.7 Å². The molecule has 3 N–H and O–H groups in total. The van der Waals surface area contributed by atoms with Crippen molar-refractivity contribution in [1.29, 1.82) is 0 Å². The third-order valence-electron chi connectivity index (χ3n) is 5.54. The number of ether oxygens (including phenoxy) is 2. The summed E-state index contributed by atoms with van der Waals surface area (Å²) in [7, 11) is 1.68. The van der Waals surface area contributed by atoms with Crippen LogP contribution in [0.4, 0.5) is 5.82 Å². The lowest BCUT2D eigenvalue weighted by molar-refractivity contribution is 0.126. The first kappa shape index (κ1) is 23.4. The summed E-state index contributed by atoms with van der Waals surface area (Å²) in [6.45, 7) is 4.81. The number of pyridine rings is 1. The van der Waals surface area contributed by atoms with Crippen LogP contribution in [0.15, 0.2) is 48.5 Å². The van der Waals surface area contributed by atoms with E-state index in [4.69, 9.17) is 20.2 Å². The molecule has 8 heteroatoms. The van der Waals surface area contributed by atoms with Gasteiger partial charge in [0.2, 0.25) is 0 Å². The van der Waals surface area contributed by atoms with Gasteiger partial charge >= 0.3 is 0 Å². The third kappa shape index (κ3) is 5.58. The van der Waals surface area contributed by atoms with Crippen molar-refractivity contribution in [1.82, 2.24) is 19.3 Å². The fourth-order valence-electron chi connectivity index (χ4n) is 3.84. The number of rotatable bonds is 12. The summed E-state index contributed by atoms with van der Waals surface area (Å²) in [5.41, 5.74) is 10.2. The molecular weight excluding hydrogens is 434 g/mol. The number of hydrogen-bond donors (Lipinski definition) is 2. The van der Waals surface area contributed by atoms with Crippen molar-refractivity contribution >= 4 is 39.7 Å². The number of aryl methyl sites for hydroxylation is 1. The third-order valence-corrected chi connectivity index (χ3v) is 6.38. The normalized spacial score (nSPS) is 11.5. The number of nitrogens with zero attached hydrogens (tertiary/aromatic N) is 3. The van der Waals surface area contributed by atoms with E-state index < -0.39 is 0 Å². The Morgan fingerprint density at radius 3 is 2.67 bits per heavy atom. The summed E-state index contributed by atoms with van der Waals surface area (Å²) < 4.78 is 16.6. The number of para-hydroxylation sites is 1. The van der Waals surface area contributed by atoms with E-state index in [1.165, 1.54) is 5.56 Å². The van der Waals surface area contributed by atoms with E-state index in [1.807, 2.05) is 37.3 Å². The van der Waals surface area contributed by atoms with E-state index >= 15 is 0 Å². The number of imidazole rings is 1. The topological polar surface area (TPSA) is 87.2 Å². The van der Waals surface area contributed by atoms with Gasteiger partial charge in [0.25, 0.3) is 0 Å². The SMILES string of the molecule is CCOCc1nc2c(N)nc3ccccc3c2n1CCCCSNCc1ccc(OC)cc1. The minimum absolute atomic E-state index is 0.469. The summed E-state index contributed by atoms with van der Waals surface area (Å²) >= 11 is 1.76. The van der Waals surface area contributed by atoms with Crippen LogP contribution >= 0.6 is 11.9 Å². The maximum absolute atomic E-state index is 6.26. The second-order valence-electron chi connectivity index (χ2n) is 7.75. The number of methoxy groups -OCH3 is 1. The second-order valence-corrected chi connectivity index (χ2v) is 8.74. The summed E-state index contributed by atoms with van der Waals surface area (Å²) in [6, 6.07) is 16.2. The smallest absolute Gasteiger partial charge is 0.152 e. The first-order valence-corrected chi connectivity index (χ1v) is 12.3. The Morgan fingerprint density at radius 2 is 1.88 bits per heavy atom. The highest BCUT2D eigenvalue weighted by Crippen LogP contribution is 2.29. The molecule has 0 fully saturated rings. The van der Waals surface area contributed by atoms with Crippen molar-refractivity contribution in [3.05, 3.63) is 59.9 Å². The molecule has 0 saturated carbocycles. The van der Waals surface area contributed by atoms with E-state index in [1.54, 1.807) is 19.1 Å². The number of benzene rings is 2. The Balaban J connectivity index is 1.38. The first-order chi connectivity index (χ1) is 16.2. The summed E-state index contributed by atoms with van der Waals surface area (Å²) in [4.78, 5) is 9.34. The molecule has 0 atom stereocenters. The minimum Gasteiger partial charge on any atom is -0.497 e. The highest BCUT2D eigenvalue weighted by atomic mass is 32.2. The molecule has 2 aromatic heterocycles. The lowest BCUT2D eigenvalue weighted by Crippen LogP contribution is -2.08. The average Bonchev–Trinajstić information content (AvgIpc) is 3.22. The highest BCUT2D eigenvalue weighted by Gasteiger charge is 2.17. The van der Waals surface area contributed by atoms with Crippen LogP contribution in [0.25, 0.3) is 21.9 Å². The van der Waals surface area contributed by atoms with Gasteiger partial charge in [-0.1, -0.05) is 42.3 Å². The Labute approximate surface area is 198 Å². The van der Waals surface area contributed by atoms with E-state index in [0.717, 1.165) is 65.2 Å². The Hall–Kier alpha value is -2.81. The largest absolute Gasteiger partial charge is 0.497 e. The van der Waals surface area contributed by atoms with Gasteiger partial charge in [-0.15, -0.1) is 0 Å². The summed E-state index contributed by atoms with van der Waals surface area (Å²) in [5, 5.41) is 1.08. The number of nitrogen functional groups attached to an aromatic ring is 1. The molecule has 0 saturated heterocycles. The number of unbranched alkanes of at least 4 members (excludes halogenated alkanes) is 1. The lowest BCUT2D eigenvalue weighted by atomic mass is 10.2. The quantitative estimate of drug-likeness (QED) is 0.227. The van der Waals surface area contributed by atoms with Gasteiger partial charge in [-0.25, -0.2) is 9.97 Å². The van der Waals surface area contributed by atoms with Gasteiger partial charge in [0.05, 0.1) is 18.1 Å². The average molecular weight is 466 g/mol. The van der Waals surface area contributed by atoms with Crippen LogP contribution in [0.1, 0.15) is 31.2 Å². The van der Waals surface area contributed by atoms with E-state index in [0.29, 0.717) is 19.0 Å². The molecule has 0 bridgehead atoms. The van der Waals surface area contributed by atoms with Crippen molar-refractivity contribution in [3.8, 4) is 5.75 Å². The number of fused-ring (bicyclic) bond motifs is 3. The van der Waals surface area contributed by atoms with Crippen LogP contribution < -0.4 is 15.2 Å². The van der Waals surface area contributed by atoms with Gasteiger partial charge in [0, 0.05) is 30.8 Å². The zero-order valence-corrected chi connectivity index (χ0v) is 20.0. The maximum atomic E-state index is 6.26. The second kappa shape index (κ2) is 11.4. The molecular formula is C25H31N5O2S. The number of anilines is 1. The molecule has 0 aliphatic carbocycles. The van der Waals surface area contributed by atoms with Gasteiger partial charge in [-0.2, -0.15) is 0 Å². The van der Waals surface area contributed by atoms with Crippen molar-refractivity contribution in [2.75, 3.05) is 25.2 Å². The zero-order chi connectivity index (χ0) is 23.0. The molecule has 4 aromatic rings. The van der Waals surface area contributed by atoms with Crippen LogP contribution in [0.3, 0.4) is 0 Å².